The lowest BCUT2D eigenvalue weighted by atomic mass is 10.2. The van der Waals surface area contributed by atoms with Gasteiger partial charge in [0, 0.05) is 28.0 Å². The Morgan fingerprint density at radius 3 is 2.62 bits per heavy atom. The van der Waals surface area contributed by atoms with Crippen LogP contribution >= 0.6 is 27.3 Å². The fraction of sp³-hybridized carbons (Fsp3) is 0.158. The minimum absolute atomic E-state index is 0.235. The highest BCUT2D eigenvalue weighted by Crippen LogP contribution is 2.24. The third kappa shape index (κ3) is 4.90. The van der Waals surface area contributed by atoms with Crippen LogP contribution in [-0.4, -0.2) is 0 Å². The number of ether oxygens (including phenoxy) is 1. The largest absolute Gasteiger partial charge is 0.489 e. The van der Waals surface area contributed by atoms with Crippen LogP contribution in [0.15, 0.2) is 64.5 Å². The summed E-state index contributed by atoms with van der Waals surface area (Å²) in [5.74, 6) is 0.599. The third-order valence-electron chi connectivity index (χ3n) is 3.52. The molecule has 1 aromatic heterocycles. The van der Waals surface area contributed by atoms with Crippen LogP contribution in [-0.2, 0) is 19.7 Å². The molecule has 5 heteroatoms. The molecule has 0 aliphatic carbocycles. The molecule has 0 unspecified atom stereocenters. The van der Waals surface area contributed by atoms with Crippen LogP contribution in [0, 0.1) is 5.82 Å². The van der Waals surface area contributed by atoms with Crippen LogP contribution in [0.5, 0.6) is 5.75 Å². The highest BCUT2D eigenvalue weighted by molar-refractivity contribution is 9.10. The molecule has 1 N–H and O–H groups in total. The highest BCUT2D eigenvalue weighted by Gasteiger charge is 2.06. The van der Waals surface area contributed by atoms with E-state index in [1.54, 1.807) is 23.5 Å². The van der Waals surface area contributed by atoms with Crippen molar-refractivity contribution in [3.63, 3.8) is 0 Å². The van der Waals surface area contributed by atoms with E-state index in [1.807, 2.05) is 12.1 Å². The Labute approximate surface area is 153 Å². The first kappa shape index (κ1) is 17.1. The fourth-order valence-electron chi connectivity index (χ4n) is 2.30. The lowest BCUT2D eigenvalue weighted by Crippen LogP contribution is -2.13. The smallest absolute Gasteiger partial charge is 0.124 e. The number of halogens is 2. The average Bonchev–Trinajstić information content (AvgIpc) is 3.09. The Bertz CT molecular complexity index is 775. The van der Waals surface area contributed by atoms with Gasteiger partial charge >= 0.3 is 0 Å². The summed E-state index contributed by atoms with van der Waals surface area (Å²) < 4.78 is 19.9. The Morgan fingerprint density at radius 2 is 1.88 bits per heavy atom. The van der Waals surface area contributed by atoms with E-state index in [2.05, 4.69) is 44.8 Å². The average molecular weight is 406 g/mol. The van der Waals surface area contributed by atoms with E-state index in [4.69, 9.17) is 4.74 Å². The van der Waals surface area contributed by atoms with Crippen molar-refractivity contribution in [1.29, 1.82) is 0 Å². The Kier molecular flexibility index (Phi) is 6.01. The molecule has 2 aromatic carbocycles. The molecule has 24 heavy (non-hydrogen) atoms. The van der Waals surface area contributed by atoms with E-state index in [1.165, 1.54) is 17.0 Å². The van der Waals surface area contributed by atoms with Gasteiger partial charge in [-0.05, 0) is 47.3 Å². The highest BCUT2D eigenvalue weighted by atomic mass is 79.9. The van der Waals surface area contributed by atoms with Gasteiger partial charge in [0.2, 0.25) is 0 Å². The zero-order valence-electron chi connectivity index (χ0n) is 13.0. The summed E-state index contributed by atoms with van der Waals surface area (Å²) >= 11 is 5.25. The van der Waals surface area contributed by atoms with Crippen molar-refractivity contribution in [2.45, 2.75) is 19.7 Å². The van der Waals surface area contributed by atoms with Gasteiger partial charge in [-0.15, -0.1) is 11.3 Å². The molecule has 3 aromatic rings. The monoisotopic (exact) mass is 405 g/mol. The summed E-state index contributed by atoms with van der Waals surface area (Å²) in [5.41, 5.74) is 2.03. The molecule has 2 nitrogen and oxygen atoms in total. The number of nitrogens with one attached hydrogen (secondary N) is 1. The lowest BCUT2D eigenvalue weighted by molar-refractivity contribution is 0.302. The zero-order valence-corrected chi connectivity index (χ0v) is 15.4. The molecule has 0 saturated heterocycles. The molecular formula is C19H17BrFNOS. The van der Waals surface area contributed by atoms with Crippen molar-refractivity contribution >= 4 is 27.3 Å². The minimum Gasteiger partial charge on any atom is -0.489 e. The Morgan fingerprint density at radius 1 is 1.04 bits per heavy atom. The van der Waals surface area contributed by atoms with E-state index in [-0.39, 0.29) is 5.82 Å². The van der Waals surface area contributed by atoms with E-state index in [0.717, 1.165) is 34.4 Å². The first-order valence-electron chi connectivity index (χ1n) is 7.59. The Hall–Kier alpha value is -1.69. The predicted octanol–water partition coefficient (Wildman–Crippen LogP) is 5.52. The third-order valence-corrected chi connectivity index (χ3v) is 4.89. The quantitative estimate of drug-likeness (QED) is 0.558. The SMILES string of the molecule is Fc1ccc(COc2ccc(Br)cc2CNCc2cccs2)cc1. The zero-order chi connectivity index (χ0) is 16.8. The van der Waals surface area contributed by atoms with Crippen LogP contribution < -0.4 is 10.1 Å². The van der Waals surface area contributed by atoms with Crippen LogP contribution in [0.25, 0.3) is 0 Å². The van der Waals surface area contributed by atoms with Gasteiger partial charge in [-0.25, -0.2) is 4.39 Å². The standard InChI is InChI=1S/C19H17BrFNOS/c20-16-5-8-19(23-13-14-3-6-17(21)7-4-14)15(10-16)11-22-12-18-2-1-9-24-18/h1-10,22H,11-13H2. The summed E-state index contributed by atoms with van der Waals surface area (Å²) in [6.07, 6.45) is 0. The van der Waals surface area contributed by atoms with Crippen molar-refractivity contribution in [2.24, 2.45) is 0 Å². The molecule has 0 saturated carbocycles. The lowest BCUT2D eigenvalue weighted by Gasteiger charge is -2.13. The molecule has 0 amide bonds. The van der Waals surface area contributed by atoms with E-state index in [0.29, 0.717) is 6.61 Å². The summed E-state index contributed by atoms with van der Waals surface area (Å²) in [6.45, 7) is 1.97. The minimum atomic E-state index is -0.235. The molecule has 3 rings (SSSR count). The van der Waals surface area contributed by atoms with Gasteiger partial charge in [-0.1, -0.05) is 34.1 Å². The van der Waals surface area contributed by atoms with Gasteiger partial charge in [-0.3, -0.25) is 0 Å². The molecule has 0 fully saturated rings. The normalized spacial score (nSPS) is 10.8. The molecule has 0 spiro atoms. The predicted molar refractivity (Wildman–Crippen MR) is 99.7 cm³/mol. The van der Waals surface area contributed by atoms with Crippen molar-refractivity contribution < 1.29 is 9.13 Å². The molecular weight excluding hydrogens is 389 g/mol. The second kappa shape index (κ2) is 8.42. The number of hydrogen-bond donors (Lipinski definition) is 1. The first-order valence-corrected chi connectivity index (χ1v) is 9.27. The number of rotatable bonds is 7. The van der Waals surface area contributed by atoms with Crippen LogP contribution in [0.4, 0.5) is 4.39 Å². The molecule has 1 heterocycles. The first-order chi connectivity index (χ1) is 11.7. The molecule has 0 aliphatic rings. The van der Waals surface area contributed by atoms with Gasteiger partial charge in [0.1, 0.15) is 18.2 Å². The Balaban J connectivity index is 1.62. The van der Waals surface area contributed by atoms with Crippen LogP contribution in [0.2, 0.25) is 0 Å². The summed E-state index contributed by atoms with van der Waals surface area (Å²) in [6, 6.07) is 16.5. The maximum Gasteiger partial charge on any atom is 0.124 e. The second-order valence-electron chi connectivity index (χ2n) is 5.35. The van der Waals surface area contributed by atoms with Gasteiger partial charge in [-0.2, -0.15) is 0 Å². The van der Waals surface area contributed by atoms with E-state index in [9.17, 15) is 4.39 Å². The number of thiophene rings is 1. The van der Waals surface area contributed by atoms with E-state index < -0.39 is 0 Å². The maximum absolute atomic E-state index is 13.0. The second-order valence-corrected chi connectivity index (χ2v) is 7.30. The summed E-state index contributed by atoms with van der Waals surface area (Å²) in [7, 11) is 0. The van der Waals surface area contributed by atoms with Crippen LogP contribution in [0.1, 0.15) is 16.0 Å². The summed E-state index contributed by atoms with van der Waals surface area (Å²) in [5, 5.41) is 5.51. The van der Waals surface area contributed by atoms with Crippen molar-refractivity contribution in [2.75, 3.05) is 0 Å². The van der Waals surface area contributed by atoms with E-state index >= 15 is 0 Å². The molecule has 0 radical (unpaired) electrons. The van der Waals surface area contributed by atoms with Gasteiger partial charge in [0.05, 0.1) is 0 Å². The molecule has 124 valence electrons. The van der Waals surface area contributed by atoms with Crippen molar-refractivity contribution in [3.05, 3.63) is 86.3 Å². The van der Waals surface area contributed by atoms with Crippen LogP contribution in [0.3, 0.4) is 0 Å². The van der Waals surface area contributed by atoms with Gasteiger partial charge in [0.15, 0.2) is 0 Å². The van der Waals surface area contributed by atoms with Crippen molar-refractivity contribution in [3.8, 4) is 5.75 Å². The topological polar surface area (TPSA) is 21.3 Å². The number of hydrogen-bond acceptors (Lipinski definition) is 3. The molecule has 0 atom stereocenters. The molecule has 0 bridgehead atoms. The van der Waals surface area contributed by atoms with Crippen molar-refractivity contribution in [1.82, 2.24) is 5.32 Å². The maximum atomic E-state index is 13.0. The fourth-order valence-corrected chi connectivity index (χ4v) is 3.39. The summed E-state index contributed by atoms with van der Waals surface area (Å²) in [4.78, 5) is 1.30. The number of benzene rings is 2. The molecule has 0 aliphatic heterocycles. The van der Waals surface area contributed by atoms with Gasteiger partial charge < -0.3 is 10.1 Å². The van der Waals surface area contributed by atoms with Gasteiger partial charge in [0.25, 0.3) is 0 Å².